The van der Waals surface area contributed by atoms with E-state index in [0.717, 1.165) is 15.7 Å². The monoisotopic (exact) mass is 234 g/mol. The number of hydrogen-bond acceptors (Lipinski definition) is 4. The number of hydroxylamine groups is 2. The van der Waals surface area contributed by atoms with Crippen molar-refractivity contribution in [3.05, 3.63) is 0 Å². The molecule has 1 aliphatic rings. The summed E-state index contributed by atoms with van der Waals surface area (Å²) in [7, 11) is 2.85. The second kappa shape index (κ2) is 5.22. The maximum absolute atomic E-state index is 11.7. The Bertz CT molecular complexity index is 261. The van der Waals surface area contributed by atoms with Crippen LogP contribution in [0.3, 0.4) is 0 Å². The van der Waals surface area contributed by atoms with Crippen LogP contribution in [0.2, 0.25) is 0 Å². The van der Waals surface area contributed by atoms with Crippen LogP contribution in [0.1, 0.15) is 0 Å². The standard InChI is InChI=1S/C8H14N2O4S/c1-9(14-2)7(11)6-5-15-4-3-10(6)8(12)13/h6H,3-5H2,1-2H3,(H,12,13)/t6-/m0/s1. The van der Waals surface area contributed by atoms with E-state index in [2.05, 4.69) is 0 Å². The summed E-state index contributed by atoms with van der Waals surface area (Å²) in [5.41, 5.74) is 0. The van der Waals surface area contributed by atoms with Crippen molar-refractivity contribution in [2.24, 2.45) is 0 Å². The predicted octanol–water partition coefficient (Wildman–Crippen LogP) is 0.102. The van der Waals surface area contributed by atoms with E-state index in [0.29, 0.717) is 12.3 Å². The highest BCUT2D eigenvalue weighted by Gasteiger charge is 2.34. The molecule has 7 heteroatoms. The fraction of sp³-hybridized carbons (Fsp3) is 0.750. The number of hydrogen-bond donors (Lipinski definition) is 1. The molecule has 0 bridgehead atoms. The molecule has 1 heterocycles. The van der Waals surface area contributed by atoms with Gasteiger partial charge < -0.3 is 5.11 Å². The molecule has 1 N–H and O–H groups in total. The molecule has 0 spiro atoms. The van der Waals surface area contributed by atoms with Crippen molar-refractivity contribution in [2.45, 2.75) is 6.04 Å². The third-order valence-electron chi connectivity index (χ3n) is 2.24. The van der Waals surface area contributed by atoms with Crippen molar-refractivity contribution in [1.29, 1.82) is 0 Å². The van der Waals surface area contributed by atoms with Gasteiger partial charge in [0.05, 0.1) is 7.11 Å². The largest absolute Gasteiger partial charge is 0.465 e. The van der Waals surface area contributed by atoms with Crippen molar-refractivity contribution in [3.63, 3.8) is 0 Å². The summed E-state index contributed by atoms with van der Waals surface area (Å²) < 4.78 is 0. The minimum Gasteiger partial charge on any atom is -0.465 e. The topological polar surface area (TPSA) is 70.1 Å². The van der Waals surface area contributed by atoms with Gasteiger partial charge in [0.25, 0.3) is 5.91 Å². The molecule has 1 saturated heterocycles. The summed E-state index contributed by atoms with van der Waals surface area (Å²) in [6.07, 6.45) is -1.06. The zero-order valence-corrected chi connectivity index (χ0v) is 9.49. The van der Waals surface area contributed by atoms with E-state index in [1.807, 2.05) is 0 Å². The predicted molar refractivity (Wildman–Crippen MR) is 55.6 cm³/mol. The van der Waals surface area contributed by atoms with Crippen LogP contribution in [0, 0.1) is 0 Å². The van der Waals surface area contributed by atoms with Crippen molar-refractivity contribution < 1.29 is 19.5 Å². The number of carbonyl (C=O) groups is 2. The average Bonchev–Trinajstić information content (AvgIpc) is 2.27. The highest BCUT2D eigenvalue weighted by Crippen LogP contribution is 2.18. The van der Waals surface area contributed by atoms with Crippen LogP contribution in [0.25, 0.3) is 0 Å². The first-order valence-electron chi connectivity index (χ1n) is 4.47. The quantitative estimate of drug-likeness (QED) is 0.686. The van der Waals surface area contributed by atoms with E-state index in [1.165, 1.54) is 14.2 Å². The maximum Gasteiger partial charge on any atom is 0.408 e. The van der Waals surface area contributed by atoms with Gasteiger partial charge in [0.2, 0.25) is 0 Å². The first-order valence-corrected chi connectivity index (χ1v) is 5.62. The molecule has 6 nitrogen and oxygen atoms in total. The van der Waals surface area contributed by atoms with Gasteiger partial charge in [-0.05, 0) is 0 Å². The van der Waals surface area contributed by atoms with Crippen LogP contribution < -0.4 is 0 Å². The van der Waals surface area contributed by atoms with Gasteiger partial charge in [0.1, 0.15) is 6.04 Å². The average molecular weight is 234 g/mol. The Kier molecular flexibility index (Phi) is 4.22. The highest BCUT2D eigenvalue weighted by atomic mass is 32.2. The normalized spacial score (nSPS) is 21.2. The molecular formula is C8H14N2O4S. The van der Waals surface area contributed by atoms with E-state index in [1.54, 1.807) is 11.8 Å². The first kappa shape index (κ1) is 12.1. The lowest BCUT2D eigenvalue weighted by Crippen LogP contribution is -2.53. The molecule has 1 atom stereocenters. The van der Waals surface area contributed by atoms with Gasteiger partial charge in [-0.2, -0.15) is 11.8 Å². The zero-order chi connectivity index (χ0) is 11.4. The fourth-order valence-corrected chi connectivity index (χ4v) is 2.38. The Hall–Kier alpha value is -0.950. The molecule has 0 unspecified atom stereocenters. The van der Waals surface area contributed by atoms with Crippen LogP contribution in [0.5, 0.6) is 0 Å². The maximum atomic E-state index is 11.7. The van der Waals surface area contributed by atoms with E-state index >= 15 is 0 Å². The molecular weight excluding hydrogens is 220 g/mol. The Morgan fingerprint density at radius 3 is 2.80 bits per heavy atom. The van der Waals surface area contributed by atoms with Crippen molar-refractivity contribution >= 4 is 23.8 Å². The Morgan fingerprint density at radius 1 is 1.60 bits per heavy atom. The van der Waals surface area contributed by atoms with Gasteiger partial charge >= 0.3 is 6.09 Å². The summed E-state index contributed by atoms with van der Waals surface area (Å²) in [6.45, 7) is 0.383. The van der Waals surface area contributed by atoms with E-state index < -0.39 is 12.1 Å². The van der Waals surface area contributed by atoms with Gasteiger partial charge in [0, 0.05) is 25.1 Å². The zero-order valence-electron chi connectivity index (χ0n) is 8.67. The molecule has 0 saturated carbocycles. The summed E-state index contributed by atoms with van der Waals surface area (Å²) >= 11 is 1.57. The van der Waals surface area contributed by atoms with Gasteiger partial charge in [-0.25, -0.2) is 9.86 Å². The van der Waals surface area contributed by atoms with Gasteiger partial charge in [-0.15, -0.1) is 0 Å². The molecule has 1 aliphatic heterocycles. The minimum absolute atomic E-state index is 0.327. The molecule has 0 aliphatic carbocycles. The third-order valence-corrected chi connectivity index (χ3v) is 3.27. The number of likely N-dealkylation sites (N-methyl/N-ethyl adjacent to an activating group) is 1. The lowest BCUT2D eigenvalue weighted by Gasteiger charge is -2.33. The van der Waals surface area contributed by atoms with Crippen LogP contribution >= 0.6 is 11.8 Å². The molecule has 1 fully saturated rings. The minimum atomic E-state index is -1.06. The van der Waals surface area contributed by atoms with Crippen LogP contribution in [0.15, 0.2) is 0 Å². The Balaban J connectivity index is 2.71. The number of thioether (sulfide) groups is 1. The first-order chi connectivity index (χ1) is 7.07. The molecule has 15 heavy (non-hydrogen) atoms. The summed E-state index contributed by atoms with van der Waals surface area (Å²) in [6, 6.07) is -0.633. The second-order valence-electron chi connectivity index (χ2n) is 3.08. The summed E-state index contributed by atoms with van der Waals surface area (Å²) in [5.74, 6) is 0.887. The number of rotatable bonds is 2. The molecule has 2 amide bonds. The second-order valence-corrected chi connectivity index (χ2v) is 4.23. The van der Waals surface area contributed by atoms with E-state index in [-0.39, 0.29) is 5.91 Å². The molecule has 86 valence electrons. The lowest BCUT2D eigenvalue weighted by atomic mass is 10.2. The van der Waals surface area contributed by atoms with E-state index in [9.17, 15) is 9.59 Å². The number of carbonyl (C=O) groups excluding carboxylic acids is 1. The van der Waals surface area contributed by atoms with Crippen LogP contribution in [-0.2, 0) is 9.63 Å². The SMILES string of the molecule is CON(C)C(=O)[C@@H]1CSCCN1C(=O)O. The van der Waals surface area contributed by atoms with Crippen LogP contribution in [0.4, 0.5) is 4.79 Å². The summed E-state index contributed by atoms with van der Waals surface area (Å²) in [4.78, 5) is 28.5. The van der Waals surface area contributed by atoms with Crippen molar-refractivity contribution in [1.82, 2.24) is 9.96 Å². The van der Waals surface area contributed by atoms with E-state index in [4.69, 9.17) is 9.94 Å². The summed E-state index contributed by atoms with van der Waals surface area (Å²) in [5, 5.41) is 9.98. The van der Waals surface area contributed by atoms with Crippen molar-refractivity contribution in [3.8, 4) is 0 Å². The molecule has 0 aromatic carbocycles. The Morgan fingerprint density at radius 2 is 2.27 bits per heavy atom. The number of amides is 2. The fourth-order valence-electron chi connectivity index (χ4n) is 1.34. The smallest absolute Gasteiger partial charge is 0.408 e. The third kappa shape index (κ3) is 2.75. The highest BCUT2D eigenvalue weighted by molar-refractivity contribution is 7.99. The molecule has 0 radical (unpaired) electrons. The molecule has 0 aromatic heterocycles. The van der Waals surface area contributed by atoms with Crippen LogP contribution in [-0.4, -0.2) is 65.3 Å². The number of carboxylic acid groups (broad SMARTS) is 1. The number of nitrogens with zero attached hydrogens (tertiary/aromatic N) is 2. The molecule has 0 aromatic rings. The van der Waals surface area contributed by atoms with Gasteiger partial charge in [-0.3, -0.25) is 14.5 Å². The van der Waals surface area contributed by atoms with Crippen molar-refractivity contribution in [2.75, 3.05) is 32.2 Å². The molecule has 1 rings (SSSR count). The van der Waals surface area contributed by atoms with Gasteiger partial charge in [0.15, 0.2) is 0 Å². The van der Waals surface area contributed by atoms with Gasteiger partial charge in [-0.1, -0.05) is 0 Å². The Labute approximate surface area is 92.1 Å². The lowest BCUT2D eigenvalue weighted by molar-refractivity contribution is -0.173.